The van der Waals surface area contributed by atoms with Gasteiger partial charge in [-0.25, -0.2) is 4.79 Å². The molecule has 1 unspecified atom stereocenters. The highest BCUT2D eigenvalue weighted by atomic mass is 16.4. The van der Waals surface area contributed by atoms with Crippen molar-refractivity contribution in [3.05, 3.63) is 0 Å². The summed E-state index contributed by atoms with van der Waals surface area (Å²) in [5.74, 6) is 1.01. The summed E-state index contributed by atoms with van der Waals surface area (Å²) in [5.41, 5.74) is 0. The van der Waals surface area contributed by atoms with Gasteiger partial charge < -0.3 is 15.5 Å². The van der Waals surface area contributed by atoms with Crippen molar-refractivity contribution < 1.29 is 19.8 Å². The van der Waals surface area contributed by atoms with Gasteiger partial charge in [0.2, 0.25) is 5.91 Å². The summed E-state index contributed by atoms with van der Waals surface area (Å²) in [7, 11) is 0. The second-order valence-corrected chi connectivity index (χ2v) is 3.38. The molecule has 0 rings (SSSR count). The van der Waals surface area contributed by atoms with Crippen molar-refractivity contribution in [1.29, 1.82) is 0 Å². The van der Waals surface area contributed by atoms with Gasteiger partial charge in [0, 0.05) is 25.9 Å². The van der Waals surface area contributed by atoms with E-state index in [1.165, 1.54) is 0 Å². The maximum atomic E-state index is 11.3. The SMILES string of the molecule is C#CCCCCC(=O)NC(CCO)C(=O)O. The molecule has 1 amide bonds. The van der Waals surface area contributed by atoms with E-state index in [1.54, 1.807) is 0 Å². The number of carbonyl (C=O) groups excluding carboxylic acids is 1. The highest BCUT2D eigenvalue weighted by Gasteiger charge is 2.18. The number of terminal acetylenes is 1. The second kappa shape index (κ2) is 8.74. The van der Waals surface area contributed by atoms with Crippen LogP contribution in [0.1, 0.15) is 32.1 Å². The Morgan fingerprint density at radius 2 is 2.06 bits per heavy atom. The van der Waals surface area contributed by atoms with Crippen LogP contribution in [-0.2, 0) is 9.59 Å². The van der Waals surface area contributed by atoms with Gasteiger partial charge in [-0.3, -0.25) is 4.79 Å². The van der Waals surface area contributed by atoms with Crippen molar-refractivity contribution in [3.8, 4) is 12.3 Å². The molecule has 0 aromatic heterocycles. The number of aliphatic hydroxyl groups excluding tert-OH is 1. The Labute approximate surface area is 94.8 Å². The van der Waals surface area contributed by atoms with Crippen molar-refractivity contribution in [2.75, 3.05) is 6.61 Å². The zero-order chi connectivity index (χ0) is 12.4. The first kappa shape index (κ1) is 14.5. The molecule has 0 bridgehead atoms. The molecule has 0 radical (unpaired) electrons. The van der Waals surface area contributed by atoms with Crippen molar-refractivity contribution in [2.24, 2.45) is 0 Å². The lowest BCUT2D eigenvalue weighted by Gasteiger charge is -2.12. The van der Waals surface area contributed by atoms with E-state index in [2.05, 4.69) is 11.2 Å². The topological polar surface area (TPSA) is 86.6 Å². The van der Waals surface area contributed by atoms with E-state index >= 15 is 0 Å². The van der Waals surface area contributed by atoms with Crippen LogP contribution in [0.4, 0.5) is 0 Å². The summed E-state index contributed by atoms with van der Waals surface area (Å²) < 4.78 is 0. The van der Waals surface area contributed by atoms with E-state index in [0.717, 1.165) is 6.42 Å². The molecule has 0 saturated heterocycles. The highest BCUT2D eigenvalue weighted by molar-refractivity contribution is 5.83. The zero-order valence-corrected chi connectivity index (χ0v) is 9.11. The Bertz CT molecular complexity index is 270. The van der Waals surface area contributed by atoms with Gasteiger partial charge in [-0.1, -0.05) is 0 Å². The van der Waals surface area contributed by atoms with Gasteiger partial charge >= 0.3 is 5.97 Å². The molecule has 0 aromatic rings. The van der Waals surface area contributed by atoms with Crippen LogP contribution in [0.25, 0.3) is 0 Å². The Kier molecular flexibility index (Phi) is 7.90. The number of carboxylic acid groups (broad SMARTS) is 1. The molecule has 3 N–H and O–H groups in total. The number of aliphatic carboxylic acids is 1. The number of unbranched alkanes of at least 4 members (excludes halogenated alkanes) is 2. The highest BCUT2D eigenvalue weighted by Crippen LogP contribution is 2.00. The molecule has 0 aliphatic heterocycles. The number of nitrogens with one attached hydrogen (secondary N) is 1. The molecule has 90 valence electrons. The predicted molar refractivity (Wildman–Crippen MR) is 58.6 cm³/mol. The maximum absolute atomic E-state index is 11.3. The number of hydrogen-bond donors (Lipinski definition) is 3. The molecule has 5 heteroatoms. The summed E-state index contributed by atoms with van der Waals surface area (Å²) in [6.45, 7) is -0.270. The van der Waals surface area contributed by atoms with E-state index in [9.17, 15) is 9.59 Å². The summed E-state index contributed by atoms with van der Waals surface area (Å²) in [4.78, 5) is 21.9. The van der Waals surface area contributed by atoms with Crippen LogP contribution < -0.4 is 5.32 Å². The van der Waals surface area contributed by atoms with Gasteiger partial charge in [0.25, 0.3) is 0 Å². The van der Waals surface area contributed by atoms with Gasteiger partial charge in [-0.05, 0) is 12.8 Å². The van der Waals surface area contributed by atoms with E-state index in [-0.39, 0.29) is 25.4 Å². The van der Waals surface area contributed by atoms with E-state index in [4.69, 9.17) is 16.6 Å². The third kappa shape index (κ3) is 6.85. The molecule has 0 spiro atoms. The maximum Gasteiger partial charge on any atom is 0.326 e. The Balaban J connectivity index is 3.83. The van der Waals surface area contributed by atoms with Crippen LogP contribution in [0, 0.1) is 12.3 Å². The molecule has 5 nitrogen and oxygen atoms in total. The van der Waals surface area contributed by atoms with Gasteiger partial charge in [-0.15, -0.1) is 12.3 Å². The van der Waals surface area contributed by atoms with Gasteiger partial charge in [0.05, 0.1) is 0 Å². The van der Waals surface area contributed by atoms with E-state index in [0.29, 0.717) is 12.8 Å². The van der Waals surface area contributed by atoms with Crippen molar-refractivity contribution in [1.82, 2.24) is 5.32 Å². The monoisotopic (exact) mass is 227 g/mol. The molecule has 0 aliphatic carbocycles. The number of carboxylic acids is 1. The zero-order valence-electron chi connectivity index (χ0n) is 9.11. The molecular weight excluding hydrogens is 210 g/mol. The quantitative estimate of drug-likeness (QED) is 0.406. The second-order valence-electron chi connectivity index (χ2n) is 3.38. The fourth-order valence-electron chi connectivity index (χ4n) is 1.17. The minimum Gasteiger partial charge on any atom is -0.480 e. The van der Waals surface area contributed by atoms with Crippen molar-refractivity contribution >= 4 is 11.9 Å². The molecule has 0 heterocycles. The molecule has 0 aliphatic rings. The lowest BCUT2D eigenvalue weighted by Crippen LogP contribution is -2.41. The lowest BCUT2D eigenvalue weighted by molar-refractivity contribution is -0.142. The first-order valence-corrected chi connectivity index (χ1v) is 5.18. The standard InChI is InChI=1S/C11H17NO4/c1-2-3-4-5-6-10(14)12-9(7-8-13)11(15)16/h1,9,13H,3-8H2,(H,12,14)(H,15,16). The average Bonchev–Trinajstić information content (AvgIpc) is 2.23. The first-order valence-electron chi connectivity index (χ1n) is 5.18. The van der Waals surface area contributed by atoms with Gasteiger partial charge in [0.15, 0.2) is 0 Å². The van der Waals surface area contributed by atoms with Crippen LogP contribution in [-0.4, -0.2) is 34.7 Å². The molecule has 0 fully saturated rings. The molecule has 16 heavy (non-hydrogen) atoms. The first-order chi connectivity index (χ1) is 7.61. The molecule has 1 atom stereocenters. The molecular formula is C11H17NO4. The summed E-state index contributed by atoms with van der Waals surface area (Å²) in [6.07, 6.45) is 7.34. The number of amides is 1. The van der Waals surface area contributed by atoms with E-state index in [1.807, 2.05) is 0 Å². The minimum atomic E-state index is -1.13. The Morgan fingerprint density at radius 1 is 1.38 bits per heavy atom. The van der Waals surface area contributed by atoms with E-state index < -0.39 is 12.0 Å². The lowest BCUT2D eigenvalue weighted by atomic mass is 10.1. The summed E-state index contributed by atoms with van der Waals surface area (Å²) >= 11 is 0. The minimum absolute atomic E-state index is 0.0193. The van der Waals surface area contributed by atoms with Crippen molar-refractivity contribution in [3.63, 3.8) is 0 Å². The third-order valence-electron chi connectivity index (χ3n) is 2.03. The van der Waals surface area contributed by atoms with Gasteiger partial charge in [0.1, 0.15) is 6.04 Å². The smallest absolute Gasteiger partial charge is 0.326 e. The van der Waals surface area contributed by atoms with Crippen LogP contribution in [0.15, 0.2) is 0 Å². The third-order valence-corrected chi connectivity index (χ3v) is 2.03. The molecule has 0 aromatic carbocycles. The Hall–Kier alpha value is -1.54. The summed E-state index contributed by atoms with van der Waals surface area (Å²) in [5, 5.41) is 19.7. The fraction of sp³-hybridized carbons (Fsp3) is 0.636. The van der Waals surface area contributed by atoms with Crippen LogP contribution in [0.2, 0.25) is 0 Å². The summed E-state index contributed by atoms with van der Waals surface area (Å²) in [6, 6.07) is -1.01. The van der Waals surface area contributed by atoms with Crippen molar-refractivity contribution in [2.45, 2.75) is 38.1 Å². The average molecular weight is 227 g/mol. The fourth-order valence-corrected chi connectivity index (χ4v) is 1.17. The normalized spacial score (nSPS) is 11.5. The van der Waals surface area contributed by atoms with Gasteiger partial charge in [-0.2, -0.15) is 0 Å². The number of rotatable bonds is 8. The Morgan fingerprint density at radius 3 is 2.56 bits per heavy atom. The van der Waals surface area contributed by atoms with Crippen LogP contribution >= 0.6 is 0 Å². The largest absolute Gasteiger partial charge is 0.480 e. The number of hydrogen-bond acceptors (Lipinski definition) is 3. The molecule has 0 saturated carbocycles. The number of aliphatic hydroxyl groups is 1. The van der Waals surface area contributed by atoms with Crippen LogP contribution in [0.5, 0.6) is 0 Å². The predicted octanol–water partition coefficient (Wildman–Crippen LogP) is 0.132. The van der Waals surface area contributed by atoms with Crippen LogP contribution in [0.3, 0.4) is 0 Å². The number of carbonyl (C=O) groups is 2.